The Hall–Kier alpha value is -1.44. The number of sulfonamides is 1. The minimum atomic E-state index is -3.62. The van der Waals surface area contributed by atoms with Crippen molar-refractivity contribution in [1.29, 1.82) is 0 Å². The Morgan fingerprint density at radius 1 is 1.04 bits per heavy atom. The average Bonchev–Trinajstić information content (AvgIpc) is 3.14. The SMILES string of the molecule is CC(C)[C@H]1N(C(=O)CN2CCCC2)CCCN1S(=O)(=O)c1ccccc1. The van der Waals surface area contributed by atoms with Gasteiger partial charge in [0.25, 0.3) is 0 Å². The van der Waals surface area contributed by atoms with Crippen molar-refractivity contribution in [2.75, 3.05) is 32.7 Å². The largest absolute Gasteiger partial charge is 0.325 e. The molecule has 1 amide bonds. The van der Waals surface area contributed by atoms with E-state index in [2.05, 4.69) is 4.90 Å². The van der Waals surface area contributed by atoms with Crippen molar-refractivity contribution in [3.05, 3.63) is 30.3 Å². The molecule has 0 aromatic heterocycles. The smallest absolute Gasteiger partial charge is 0.244 e. The Labute approximate surface area is 156 Å². The van der Waals surface area contributed by atoms with Crippen molar-refractivity contribution in [2.45, 2.75) is 44.2 Å². The second kappa shape index (κ2) is 8.06. The Morgan fingerprint density at radius 3 is 2.31 bits per heavy atom. The summed E-state index contributed by atoms with van der Waals surface area (Å²) in [5.41, 5.74) is 0. The highest BCUT2D eigenvalue weighted by molar-refractivity contribution is 7.89. The number of rotatable bonds is 5. The van der Waals surface area contributed by atoms with Crippen LogP contribution in [0, 0.1) is 5.92 Å². The fraction of sp³-hybridized carbons (Fsp3) is 0.632. The van der Waals surface area contributed by atoms with Gasteiger partial charge in [-0.15, -0.1) is 0 Å². The summed E-state index contributed by atoms with van der Waals surface area (Å²) in [7, 11) is -3.62. The molecule has 144 valence electrons. The Morgan fingerprint density at radius 2 is 1.69 bits per heavy atom. The van der Waals surface area contributed by atoms with Crippen LogP contribution in [0.4, 0.5) is 0 Å². The molecule has 2 fully saturated rings. The lowest BCUT2D eigenvalue weighted by molar-refractivity contribution is -0.140. The third-order valence-electron chi connectivity index (χ3n) is 5.22. The van der Waals surface area contributed by atoms with E-state index in [1.54, 1.807) is 35.2 Å². The van der Waals surface area contributed by atoms with Gasteiger partial charge in [0, 0.05) is 13.1 Å². The first-order valence-corrected chi connectivity index (χ1v) is 10.9. The van der Waals surface area contributed by atoms with Crippen LogP contribution in [-0.4, -0.2) is 67.3 Å². The highest BCUT2D eigenvalue weighted by Gasteiger charge is 2.41. The van der Waals surface area contributed by atoms with Crippen LogP contribution in [0.2, 0.25) is 0 Å². The van der Waals surface area contributed by atoms with E-state index in [9.17, 15) is 13.2 Å². The minimum Gasteiger partial charge on any atom is -0.325 e. The molecule has 7 heteroatoms. The molecule has 0 aliphatic carbocycles. The first-order valence-electron chi connectivity index (χ1n) is 9.50. The molecule has 0 unspecified atom stereocenters. The second-order valence-corrected chi connectivity index (χ2v) is 9.40. The lowest BCUT2D eigenvalue weighted by atomic mass is 10.1. The molecule has 3 rings (SSSR count). The molecule has 0 saturated carbocycles. The van der Waals surface area contributed by atoms with Crippen molar-refractivity contribution < 1.29 is 13.2 Å². The van der Waals surface area contributed by atoms with Gasteiger partial charge in [-0.3, -0.25) is 9.69 Å². The number of carbonyl (C=O) groups excluding carboxylic acids is 1. The number of hydrogen-bond acceptors (Lipinski definition) is 4. The third kappa shape index (κ3) is 3.94. The maximum atomic E-state index is 13.2. The first-order chi connectivity index (χ1) is 12.4. The zero-order chi connectivity index (χ0) is 18.7. The van der Waals surface area contributed by atoms with Crippen LogP contribution in [0.3, 0.4) is 0 Å². The molecule has 0 bridgehead atoms. The van der Waals surface area contributed by atoms with Crippen LogP contribution in [0.5, 0.6) is 0 Å². The number of amides is 1. The molecule has 1 atom stereocenters. The highest BCUT2D eigenvalue weighted by atomic mass is 32.2. The van der Waals surface area contributed by atoms with Gasteiger partial charge < -0.3 is 4.90 Å². The van der Waals surface area contributed by atoms with E-state index < -0.39 is 16.2 Å². The fourth-order valence-corrected chi connectivity index (χ4v) is 5.78. The zero-order valence-electron chi connectivity index (χ0n) is 15.7. The molecule has 26 heavy (non-hydrogen) atoms. The number of nitrogens with zero attached hydrogens (tertiary/aromatic N) is 3. The summed E-state index contributed by atoms with van der Waals surface area (Å²) in [6, 6.07) is 8.52. The van der Waals surface area contributed by atoms with Gasteiger partial charge in [0.15, 0.2) is 0 Å². The minimum absolute atomic E-state index is 0.0244. The van der Waals surface area contributed by atoms with E-state index in [-0.39, 0.29) is 11.8 Å². The van der Waals surface area contributed by atoms with Crippen molar-refractivity contribution in [1.82, 2.24) is 14.1 Å². The van der Waals surface area contributed by atoms with Gasteiger partial charge in [-0.2, -0.15) is 4.31 Å². The molecule has 2 saturated heterocycles. The van der Waals surface area contributed by atoms with Gasteiger partial charge in [0.05, 0.1) is 11.4 Å². The number of carbonyl (C=O) groups is 1. The summed E-state index contributed by atoms with van der Waals surface area (Å²) < 4.78 is 27.9. The maximum absolute atomic E-state index is 13.2. The van der Waals surface area contributed by atoms with Crippen LogP contribution >= 0.6 is 0 Å². The maximum Gasteiger partial charge on any atom is 0.244 e. The predicted molar refractivity (Wildman–Crippen MR) is 101 cm³/mol. The van der Waals surface area contributed by atoms with Crippen LogP contribution < -0.4 is 0 Å². The quantitative estimate of drug-likeness (QED) is 0.785. The van der Waals surface area contributed by atoms with Crippen molar-refractivity contribution >= 4 is 15.9 Å². The van der Waals surface area contributed by atoms with Gasteiger partial charge in [-0.1, -0.05) is 32.0 Å². The van der Waals surface area contributed by atoms with Gasteiger partial charge in [-0.25, -0.2) is 8.42 Å². The molecule has 1 aromatic carbocycles. The summed E-state index contributed by atoms with van der Waals surface area (Å²) in [4.78, 5) is 17.2. The van der Waals surface area contributed by atoms with Crippen molar-refractivity contribution in [3.8, 4) is 0 Å². The van der Waals surface area contributed by atoms with Crippen molar-refractivity contribution in [2.24, 2.45) is 5.92 Å². The Kier molecular flexibility index (Phi) is 5.99. The van der Waals surface area contributed by atoms with Gasteiger partial charge in [0.1, 0.15) is 6.17 Å². The monoisotopic (exact) mass is 379 g/mol. The Bertz CT molecular complexity index is 715. The standard InChI is InChI=1S/C19H29N3O3S/c1-16(2)19-21(18(23)15-20-11-6-7-12-20)13-8-14-22(19)26(24,25)17-9-4-3-5-10-17/h3-5,9-10,16,19H,6-8,11-15H2,1-2H3/t19-/m0/s1. The van der Waals surface area contributed by atoms with Crippen LogP contribution in [-0.2, 0) is 14.8 Å². The number of hydrogen-bond donors (Lipinski definition) is 0. The molecule has 0 spiro atoms. The van der Waals surface area contributed by atoms with Crippen LogP contribution in [0.1, 0.15) is 33.1 Å². The summed E-state index contributed by atoms with van der Waals surface area (Å²) >= 11 is 0. The van der Waals surface area contributed by atoms with Crippen molar-refractivity contribution in [3.63, 3.8) is 0 Å². The fourth-order valence-electron chi connectivity index (χ4n) is 3.99. The lowest BCUT2D eigenvalue weighted by Crippen LogP contribution is -2.60. The summed E-state index contributed by atoms with van der Waals surface area (Å²) in [5, 5.41) is 0. The van der Waals surface area contributed by atoms with E-state index in [1.165, 1.54) is 4.31 Å². The van der Waals surface area contributed by atoms with E-state index in [1.807, 2.05) is 13.8 Å². The van der Waals surface area contributed by atoms with Gasteiger partial charge >= 0.3 is 0 Å². The topological polar surface area (TPSA) is 60.9 Å². The second-order valence-electron chi connectivity index (χ2n) is 7.51. The zero-order valence-corrected chi connectivity index (χ0v) is 16.5. The van der Waals surface area contributed by atoms with E-state index in [0.717, 1.165) is 25.9 Å². The molecule has 2 aliphatic rings. The summed E-state index contributed by atoms with van der Waals surface area (Å²) in [6.07, 6.45) is 2.51. The molecule has 0 radical (unpaired) electrons. The molecule has 6 nitrogen and oxygen atoms in total. The molecule has 2 heterocycles. The molecule has 0 N–H and O–H groups in total. The average molecular weight is 380 g/mol. The Balaban J connectivity index is 1.85. The molecule has 2 aliphatic heterocycles. The van der Waals surface area contributed by atoms with Crippen LogP contribution in [0.25, 0.3) is 0 Å². The highest BCUT2D eigenvalue weighted by Crippen LogP contribution is 2.28. The third-order valence-corrected chi connectivity index (χ3v) is 7.10. The summed E-state index contributed by atoms with van der Waals surface area (Å²) in [6.45, 7) is 7.35. The molecular formula is C19H29N3O3S. The molecular weight excluding hydrogens is 350 g/mol. The van der Waals surface area contributed by atoms with E-state index >= 15 is 0 Å². The van der Waals surface area contributed by atoms with Gasteiger partial charge in [0.2, 0.25) is 15.9 Å². The number of benzene rings is 1. The van der Waals surface area contributed by atoms with E-state index in [4.69, 9.17) is 0 Å². The summed E-state index contributed by atoms with van der Waals surface area (Å²) in [5.74, 6) is 0.0647. The predicted octanol–water partition coefficient (Wildman–Crippen LogP) is 1.99. The lowest BCUT2D eigenvalue weighted by Gasteiger charge is -2.45. The number of likely N-dealkylation sites (tertiary alicyclic amines) is 1. The van der Waals surface area contributed by atoms with Crippen LogP contribution in [0.15, 0.2) is 35.2 Å². The normalized spacial score (nSPS) is 22.9. The first kappa shape index (κ1) is 19.3. The van der Waals surface area contributed by atoms with E-state index in [0.29, 0.717) is 31.0 Å². The molecule has 1 aromatic rings. The van der Waals surface area contributed by atoms with Gasteiger partial charge in [-0.05, 0) is 50.4 Å².